The Labute approximate surface area is 116 Å². The monoisotopic (exact) mass is 276 g/mol. The molecule has 1 saturated heterocycles. The van der Waals surface area contributed by atoms with Crippen molar-refractivity contribution in [1.29, 1.82) is 0 Å². The number of hydrogen-bond acceptors (Lipinski definition) is 4. The summed E-state index contributed by atoms with van der Waals surface area (Å²) in [6.45, 7) is 1.73. The highest BCUT2D eigenvalue weighted by Gasteiger charge is 2.39. The van der Waals surface area contributed by atoms with Crippen molar-refractivity contribution >= 4 is 11.9 Å². The van der Waals surface area contributed by atoms with Gasteiger partial charge in [-0.25, -0.2) is 9.78 Å². The lowest BCUT2D eigenvalue weighted by Gasteiger charge is -2.35. The van der Waals surface area contributed by atoms with Crippen molar-refractivity contribution in [3.8, 4) is 0 Å². The van der Waals surface area contributed by atoms with Gasteiger partial charge in [-0.05, 0) is 30.9 Å². The molecule has 106 valence electrons. The zero-order valence-electron chi connectivity index (χ0n) is 11.0. The van der Waals surface area contributed by atoms with Crippen LogP contribution in [0.15, 0.2) is 18.3 Å². The van der Waals surface area contributed by atoms with Gasteiger partial charge in [-0.2, -0.15) is 0 Å². The summed E-state index contributed by atoms with van der Waals surface area (Å²) in [6, 6.07) is 3.04. The first kappa shape index (κ1) is 13.1. The van der Waals surface area contributed by atoms with Crippen LogP contribution in [0.4, 0.5) is 0 Å². The predicted molar refractivity (Wildman–Crippen MR) is 69.6 cm³/mol. The summed E-state index contributed by atoms with van der Waals surface area (Å²) >= 11 is 0. The number of hydrogen-bond donors (Lipinski definition) is 1. The lowest BCUT2D eigenvalue weighted by atomic mass is 10.1. The number of carbonyl (C=O) groups is 2. The van der Waals surface area contributed by atoms with E-state index in [1.54, 1.807) is 0 Å². The highest BCUT2D eigenvalue weighted by Crippen LogP contribution is 2.36. The van der Waals surface area contributed by atoms with E-state index in [9.17, 15) is 9.59 Å². The highest BCUT2D eigenvalue weighted by molar-refractivity contribution is 5.95. The van der Waals surface area contributed by atoms with Crippen LogP contribution in [-0.2, 0) is 4.74 Å². The molecule has 1 N–H and O–H groups in total. The van der Waals surface area contributed by atoms with Crippen LogP contribution >= 0.6 is 0 Å². The third kappa shape index (κ3) is 2.51. The summed E-state index contributed by atoms with van der Waals surface area (Å²) in [5.41, 5.74) is 0.379. The van der Waals surface area contributed by atoms with Crippen LogP contribution in [0.5, 0.6) is 0 Å². The number of nitrogens with zero attached hydrogens (tertiary/aromatic N) is 2. The molecule has 2 fully saturated rings. The Morgan fingerprint density at radius 3 is 2.75 bits per heavy atom. The average Bonchev–Trinajstić information content (AvgIpc) is 3.31. The fraction of sp³-hybridized carbons (Fsp3) is 0.500. The number of morpholine rings is 1. The first-order chi connectivity index (χ1) is 9.66. The van der Waals surface area contributed by atoms with Gasteiger partial charge in [0.05, 0.1) is 24.8 Å². The number of carboxylic acids is 1. The maximum atomic E-state index is 12.5. The van der Waals surface area contributed by atoms with Crippen molar-refractivity contribution in [3.63, 3.8) is 0 Å². The largest absolute Gasteiger partial charge is 0.477 e. The van der Waals surface area contributed by atoms with E-state index in [4.69, 9.17) is 9.84 Å². The summed E-state index contributed by atoms with van der Waals surface area (Å²) in [5, 5.41) is 8.81. The minimum absolute atomic E-state index is 0.0535. The normalized spacial score (nSPS) is 22.6. The molecule has 1 aliphatic carbocycles. The standard InChI is InChI=1S/C14H16N2O4/c17-13(10-3-4-11(14(18)19)15-7-10)16-5-6-20-8-12(16)9-1-2-9/h3-4,7,9,12H,1-2,5-6,8H2,(H,18,19). The molecular formula is C14H16N2O4. The van der Waals surface area contributed by atoms with Gasteiger partial charge in [-0.1, -0.05) is 0 Å². The number of carboxylic acid groups (broad SMARTS) is 1. The number of carbonyl (C=O) groups excluding carboxylic acids is 1. The molecule has 2 heterocycles. The Morgan fingerprint density at radius 2 is 2.15 bits per heavy atom. The Kier molecular flexibility index (Phi) is 3.40. The van der Waals surface area contributed by atoms with Gasteiger partial charge in [0.1, 0.15) is 5.69 Å². The van der Waals surface area contributed by atoms with Crippen molar-refractivity contribution in [3.05, 3.63) is 29.6 Å². The van der Waals surface area contributed by atoms with E-state index in [1.165, 1.54) is 18.3 Å². The molecule has 6 heteroatoms. The van der Waals surface area contributed by atoms with E-state index in [2.05, 4.69) is 4.98 Å². The van der Waals surface area contributed by atoms with Gasteiger partial charge in [-0.15, -0.1) is 0 Å². The number of aromatic nitrogens is 1. The zero-order valence-corrected chi connectivity index (χ0v) is 11.0. The van der Waals surface area contributed by atoms with Crippen LogP contribution in [0.25, 0.3) is 0 Å². The Morgan fingerprint density at radius 1 is 1.35 bits per heavy atom. The molecule has 1 atom stereocenters. The van der Waals surface area contributed by atoms with Crippen LogP contribution < -0.4 is 0 Å². The van der Waals surface area contributed by atoms with Gasteiger partial charge in [0.2, 0.25) is 0 Å². The average molecular weight is 276 g/mol. The molecule has 0 bridgehead atoms. The van der Waals surface area contributed by atoms with E-state index in [1.807, 2.05) is 4.90 Å². The maximum absolute atomic E-state index is 12.5. The van der Waals surface area contributed by atoms with E-state index >= 15 is 0 Å². The van der Waals surface area contributed by atoms with Crippen molar-refractivity contribution in [2.24, 2.45) is 5.92 Å². The predicted octanol–water partition coefficient (Wildman–Crippen LogP) is 1.03. The van der Waals surface area contributed by atoms with E-state index in [0.717, 1.165) is 12.8 Å². The lowest BCUT2D eigenvalue weighted by molar-refractivity contribution is -0.00837. The molecule has 3 rings (SSSR count). The maximum Gasteiger partial charge on any atom is 0.354 e. The minimum atomic E-state index is -1.09. The molecule has 1 aromatic rings. The van der Waals surface area contributed by atoms with Crippen molar-refractivity contribution in [1.82, 2.24) is 9.88 Å². The van der Waals surface area contributed by atoms with Crippen LogP contribution in [0, 0.1) is 5.92 Å². The van der Waals surface area contributed by atoms with Crippen molar-refractivity contribution in [2.45, 2.75) is 18.9 Å². The molecule has 2 aliphatic rings. The third-order valence-electron chi connectivity index (χ3n) is 3.82. The summed E-state index contributed by atoms with van der Waals surface area (Å²) in [6.07, 6.45) is 3.63. The van der Waals surface area contributed by atoms with Gasteiger partial charge in [-0.3, -0.25) is 4.79 Å². The fourth-order valence-electron chi connectivity index (χ4n) is 2.56. The van der Waals surface area contributed by atoms with Crippen LogP contribution in [0.1, 0.15) is 33.7 Å². The number of amides is 1. The first-order valence-corrected chi connectivity index (χ1v) is 6.75. The van der Waals surface area contributed by atoms with Gasteiger partial charge < -0.3 is 14.7 Å². The quantitative estimate of drug-likeness (QED) is 0.892. The molecule has 1 aliphatic heterocycles. The van der Waals surface area contributed by atoms with Gasteiger partial charge in [0, 0.05) is 12.7 Å². The summed E-state index contributed by atoms with van der Waals surface area (Å²) < 4.78 is 5.46. The second-order valence-corrected chi connectivity index (χ2v) is 5.22. The second kappa shape index (κ2) is 5.20. The highest BCUT2D eigenvalue weighted by atomic mass is 16.5. The fourth-order valence-corrected chi connectivity index (χ4v) is 2.56. The molecule has 0 spiro atoms. The first-order valence-electron chi connectivity index (χ1n) is 6.75. The zero-order chi connectivity index (χ0) is 14.1. The van der Waals surface area contributed by atoms with Gasteiger partial charge in [0.15, 0.2) is 0 Å². The summed E-state index contributed by atoms with van der Waals surface area (Å²) in [4.78, 5) is 28.9. The summed E-state index contributed by atoms with van der Waals surface area (Å²) in [5.74, 6) is -0.633. The topological polar surface area (TPSA) is 79.7 Å². The number of rotatable bonds is 3. The van der Waals surface area contributed by atoms with Crippen LogP contribution in [0.2, 0.25) is 0 Å². The second-order valence-electron chi connectivity index (χ2n) is 5.22. The molecule has 20 heavy (non-hydrogen) atoms. The molecule has 1 unspecified atom stereocenters. The Hall–Kier alpha value is -1.95. The molecule has 1 saturated carbocycles. The molecule has 0 aromatic carbocycles. The van der Waals surface area contributed by atoms with E-state index < -0.39 is 5.97 Å². The minimum Gasteiger partial charge on any atom is -0.477 e. The lowest BCUT2D eigenvalue weighted by Crippen LogP contribution is -2.49. The van der Waals surface area contributed by atoms with E-state index in [0.29, 0.717) is 31.2 Å². The Balaban J connectivity index is 1.77. The molecule has 6 nitrogen and oxygen atoms in total. The van der Waals surface area contributed by atoms with Crippen LogP contribution in [0.3, 0.4) is 0 Å². The van der Waals surface area contributed by atoms with Gasteiger partial charge in [0.25, 0.3) is 5.91 Å². The SMILES string of the molecule is O=C(O)c1ccc(C(=O)N2CCOCC2C2CC2)cn1. The van der Waals surface area contributed by atoms with Crippen LogP contribution in [-0.4, -0.2) is 52.7 Å². The smallest absolute Gasteiger partial charge is 0.354 e. The third-order valence-corrected chi connectivity index (χ3v) is 3.82. The number of pyridine rings is 1. The number of aromatic carboxylic acids is 1. The summed E-state index contributed by atoms with van der Waals surface area (Å²) in [7, 11) is 0. The van der Waals surface area contributed by atoms with Crippen molar-refractivity contribution in [2.75, 3.05) is 19.8 Å². The molecule has 1 amide bonds. The van der Waals surface area contributed by atoms with E-state index in [-0.39, 0.29) is 17.6 Å². The number of ether oxygens (including phenoxy) is 1. The van der Waals surface area contributed by atoms with Gasteiger partial charge >= 0.3 is 5.97 Å². The molecule has 1 aromatic heterocycles. The van der Waals surface area contributed by atoms with Crippen molar-refractivity contribution < 1.29 is 19.4 Å². The molecule has 0 radical (unpaired) electrons. The Bertz CT molecular complexity index is 524. The molecular weight excluding hydrogens is 260 g/mol.